The van der Waals surface area contributed by atoms with Gasteiger partial charge in [-0.05, 0) is 0 Å². The standard InChI is InChI=1S/C12H15F3N2O4/c1-11(2,3)8-4-6(17-21-8)9(18)16-7(10(19)20)5-12(13,14)15/h4,7H,5H2,1-3H3,(H,16,18)(H,19,20). The lowest BCUT2D eigenvalue weighted by atomic mass is 9.93. The molecule has 1 heterocycles. The van der Waals surface area contributed by atoms with E-state index in [1.54, 1.807) is 26.1 Å². The van der Waals surface area contributed by atoms with Gasteiger partial charge in [0.15, 0.2) is 5.69 Å². The smallest absolute Gasteiger partial charge is 0.391 e. The maximum atomic E-state index is 12.2. The number of hydrogen-bond donors (Lipinski definition) is 2. The molecular weight excluding hydrogens is 293 g/mol. The Balaban J connectivity index is 2.83. The summed E-state index contributed by atoms with van der Waals surface area (Å²) in [4.78, 5) is 22.5. The van der Waals surface area contributed by atoms with Crippen molar-refractivity contribution in [3.8, 4) is 0 Å². The number of aliphatic carboxylic acids is 1. The van der Waals surface area contributed by atoms with Crippen LogP contribution in [0.15, 0.2) is 10.6 Å². The number of rotatable bonds is 4. The van der Waals surface area contributed by atoms with Gasteiger partial charge in [0.25, 0.3) is 5.91 Å². The van der Waals surface area contributed by atoms with E-state index in [0.29, 0.717) is 5.76 Å². The number of carbonyl (C=O) groups is 2. The van der Waals surface area contributed by atoms with Crippen molar-refractivity contribution in [2.45, 2.75) is 44.8 Å². The van der Waals surface area contributed by atoms with E-state index in [0.717, 1.165) is 0 Å². The molecule has 1 rings (SSSR count). The molecule has 1 atom stereocenters. The molecule has 0 fully saturated rings. The fourth-order valence-corrected chi connectivity index (χ4v) is 1.40. The number of nitrogens with zero attached hydrogens (tertiary/aromatic N) is 1. The van der Waals surface area contributed by atoms with Crippen LogP contribution in [0.5, 0.6) is 0 Å². The molecule has 1 unspecified atom stereocenters. The van der Waals surface area contributed by atoms with Crippen molar-refractivity contribution >= 4 is 11.9 Å². The monoisotopic (exact) mass is 308 g/mol. The normalized spacial score (nSPS) is 13.8. The van der Waals surface area contributed by atoms with Crippen molar-refractivity contribution in [1.82, 2.24) is 10.5 Å². The number of carboxylic acids is 1. The van der Waals surface area contributed by atoms with Gasteiger partial charge in [0, 0.05) is 11.5 Å². The average Bonchev–Trinajstić information content (AvgIpc) is 2.74. The molecule has 1 amide bonds. The minimum Gasteiger partial charge on any atom is -0.480 e. The number of nitrogens with one attached hydrogen (secondary N) is 1. The first-order chi connectivity index (χ1) is 9.40. The maximum Gasteiger partial charge on any atom is 0.391 e. The number of aromatic nitrogens is 1. The molecule has 0 bridgehead atoms. The van der Waals surface area contributed by atoms with Gasteiger partial charge >= 0.3 is 12.1 Å². The first-order valence-electron chi connectivity index (χ1n) is 5.98. The Kier molecular flexibility index (Phi) is 4.65. The predicted molar refractivity (Wildman–Crippen MR) is 64.8 cm³/mol. The molecule has 118 valence electrons. The van der Waals surface area contributed by atoms with Gasteiger partial charge in [0.05, 0.1) is 6.42 Å². The topological polar surface area (TPSA) is 92.4 Å². The summed E-state index contributed by atoms with van der Waals surface area (Å²) >= 11 is 0. The first kappa shape index (κ1) is 17.0. The molecule has 0 saturated carbocycles. The van der Waals surface area contributed by atoms with E-state index in [-0.39, 0.29) is 5.69 Å². The highest BCUT2D eigenvalue weighted by Gasteiger charge is 2.36. The van der Waals surface area contributed by atoms with Gasteiger partial charge in [-0.25, -0.2) is 4.79 Å². The molecule has 0 aliphatic carbocycles. The zero-order valence-corrected chi connectivity index (χ0v) is 11.6. The van der Waals surface area contributed by atoms with Gasteiger partial charge in [0.1, 0.15) is 11.8 Å². The third-order valence-electron chi connectivity index (χ3n) is 2.52. The highest BCUT2D eigenvalue weighted by atomic mass is 19.4. The Morgan fingerprint density at radius 2 is 1.95 bits per heavy atom. The van der Waals surface area contributed by atoms with Gasteiger partial charge in [-0.2, -0.15) is 13.2 Å². The van der Waals surface area contributed by atoms with Crippen LogP contribution in [0.3, 0.4) is 0 Å². The van der Waals surface area contributed by atoms with Crippen LogP contribution >= 0.6 is 0 Å². The molecule has 0 saturated heterocycles. The van der Waals surface area contributed by atoms with Gasteiger partial charge in [-0.1, -0.05) is 25.9 Å². The molecule has 0 aliphatic rings. The van der Waals surface area contributed by atoms with Gasteiger partial charge in [-0.15, -0.1) is 0 Å². The zero-order valence-electron chi connectivity index (χ0n) is 11.6. The van der Waals surface area contributed by atoms with Crippen LogP contribution in [-0.2, 0) is 10.2 Å². The SMILES string of the molecule is CC(C)(C)c1cc(C(=O)NC(CC(F)(F)F)C(=O)O)no1. The van der Waals surface area contributed by atoms with Crippen molar-refractivity contribution in [3.63, 3.8) is 0 Å². The van der Waals surface area contributed by atoms with Crippen LogP contribution in [0.2, 0.25) is 0 Å². The summed E-state index contributed by atoms with van der Waals surface area (Å²) in [6.07, 6.45) is -6.38. The van der Waals surface area contributed by atoms with Crippen molar-refractivity contribution in [2.75, 3.05) is 0 Å². The van der Waals surface area contributed by atoms with E-state index in [9.17, 15) is 22.8 Å². The maximum absolute atomic E-state index is 12.2. The number of alkyl halides is 3. The number of carboxylic acid groups (broad SMARTS) is 1. The lowest BCUT2D eigenvalue weighted by Gasteiger charge is -2.15. The molecule has 6 nitrogen and oxygen atoms in total. The van der Waals surface area contributed by atoms with E-state index in [1.165, 1.54) is 6.07 Å². The fourth-order valence-electron chi connectivity index (χ4n) is 1.40. The van der Waals surface area contributed by atoms with Crippen LogP contribution in [0.4, 0.5) is 13.2 Å². The first-order valence-corrected chi connectivity index (χ1v) is 5.98. The zero-order chi connectivity index (χ0) is 16.4. The predicted octanol–water partition coefficient (Wildman–Crippen LogP) is 2.11. The van der Waals surface area contributed by atoms with Crippen LogP contribution in [0.1, 0.15) is 43.4 Å². The molecule has 0 radical (unpaired) electrons. The quantitative estimate of drug-likeness (QED) is 0.888. The second-order valence-electron chi connectivity index (χ2n) is 5.51. The van der Waals surface area contributed by atoms with E-state index < -0.39 is 35.9 Å². The molecule has 9 heteroatoms. The van der Waals surface area contributed by atoms with Crippen molar-refractivity contribution in [1.29, 1.82) is 0 Å². The highest BCUT2D eigenvalue weighted by Crippen LogP contribution is 2.24. The second-order valence-corrected chi connectivity index (χ2v) is 5.51. The summed E-state index contributed by atoms with van der Waals surface area (Å²) in [5.41, 5.74) is -0.711. The van der Waals surface area contributed by atoms with Crippen molar-refractivity contribution in [3.05, 3.63) is 17.5 Å². The highest BCUT2D eigenvalue weighted by molar-refractivity contribution is 5.94. The molecule has 2 N–H and O–H groups in total. The minimum atomic E-state index is -4.71. The summed E-state index contributed by atoms with van der Waals surface area (Å²) in [6.45, 7) is 5.37. The van der Waals surface area contributed by atoms with Gasteiger partial charge < -0.3 is 14.9 Å². The van der Waals surface area contributed by atoms with E-state index in [4.69, 9.17) is 9.63 Å². The van der Waals surface area contributed by atoms with Crippen LogP contribution < -0.4 is 5.32 Å². The molecule has 1 aromatic rings. The Morgan fingerprint density at radius 3 is 2.33 bits per heavy atom. The summed E-state index contributed by atoms with van der Waals surface area (Å²) in [7, 11) is 0. The van der Waals surface area contributed by atoms with E-state index in [1.807, 2.05) is 0 Å². The van der Waals surface area contributed by atoms with E-state index in [2.05, 4.69) is 5.16 Å². The van der Waals surface area contributed by atoms with Crippen molar-refractivity contribution < 1.29 is 32.4 Å². The third kappa shape index (κ3) is 5.09. The summed E-state index contributed by atoms with van der Waals surface area (Å²) in [5.74, 6) is -2.46. The Morgan fingerprint density at radius 1 is 1.38 bits per heavy atom. The summed E-state index contributed by atoms with van der Waals surface area (Å²) in [5, 5.41) is 13.9. The third-order valence-corrected chi connectivity index (χ3v) is 2.52. The molecule has 0 spiro atoms. The fraction of sp³-hybridized carbons (Fsp3) is 0.583. The lowest BCUT2D eigenvalue weighted by Crippen LogP contribution is -2.43. The minimum absolute atomic E-state index is 0.270. The molecule has 0 aliphatic heterocycles. The van der Waals surface area contributed by atoms with Crippen molar-refractivity contribution in [2.24, 2.45) is 0 Å². The number of hydrogen-bond acceptors (Lipinski definition) is 4. The molecular formula is C12H15F3N2O4. The number of halogens is 3. The Labute approximate surface area is 118 Å². The molecule has 0 aromatic carbocycles. The summed E-state index contributed by atoms with van der Waals surface area (Å²) in [6, 6.07) is -0.811. The van der Waals surface area contributed by atoms with Gasteiger partial charge in [-0.3, -0.25) is 4.79 Å². The van der Waals surface area contributed by atoms with Crippen LogP contribution in [-0.4, -0.2) is 34.4 Å². The van der Waals surface area contributed by atoms with Crippen LogP contribution in [0.25, 0.3) is 0 Å². The van der Waals surface area contributed by atoms with E-state index >= 15 is 0 Å². The molecule has 1 aromatic heterocycles. The lowest BCUT2D eigenvalue weighted by molar-refractivity contribution is -0.157. The number of amides is 1. The van der Waals surface area contributed by atoms with Gasteiger partial charge in [0.2, 0.25) is 0 Å². The largest absolute Gasteiger partial charge is 0.480 e. The van der Waals surface area contributed by atoms with Crippen LogP contribution in [0, 0.1) is 0 Å². The average molecular weight is 308 g/mol. The summed E-state index contributed by atoms with van der Waals surface area (Å²) < 4.78 is 41.6. The Bertz CT molecular complexity index is 531. The molecule has 21 heavy (non-hydrogen) atoms. The number of carbonyl (C=O) groups excluding carboxylic acids is 1. The Hall–Kier alpha value is -2.06. The second kappa shape index (κ2) is 5.74.